The summed E-state index contributed by atoms with van der Waals surface area (Å²) >= 11 is 6.01. The molecule has 128 valence electrons. The van der Waals surface area contributed by atoms with Crippen LogP contribution in [0.15, 0.2) is 47.4 Å². The summed E-state index contributed by atoms with van der Waals surface area (Å²) in [5.41, 5.74) is -1.84. The summed E-state index contributed by atoms with van der Waals surface area (Å²) in [7, 11) is 1.49. The Balaban J connectivity index is 2.15. The molecule has 0 radical (unpaired) electrons. The molecule has 2 aromatic rings. The smallest absolute Gasteiger partial charge is 0.340 e. The normalized spacial score (nSPS) is 11.4. The Kier molecular flexibility index (Phi) is 5.33. The number of benzene rings is 1. The minimum atomic E-state index is -4.76. The van der Waals surface area contributed by atoms with E-state index in [1.807, 2.05) is 0 Å². The van der Waals surface area contributed by atoms with E-state index in [1.54, 1.807) is 24.3 Å². The second kappa shape index (κ2) is 7.09. The van der Waals surface area contributed by atoms with Crippen molar-refractivity contribution in [1.29, 1.82) is 0 Å². The van der Waals surface area contributed by atoms with Crippen LogP contribution >= 0.6 is 11.6 Å². The SMILES string of the molecule is CN(Cc1ccccc1Cl)C(=O)Cn1cccc(C(F)(F)F)c1=O. The summed E-state index contributed by atoms with van der Waals surface area (Å²) in [5.74, 6) is -0.503. The third-order valence-electron chi connectivity index (χ3n) is 3.42. The second-order valence-electron chi connectivity index (χ2n) is 5.19. The average molecular weight is 359 g/mol. The van der Waals surface area contributed by atoms with E-state index < -0.39 is 29.8 Å². The van der Waals surface area contributed by atoms with Crippen LogP contribution < -0.4 is 5.56 Å². The maximum absolute atomic E-state index is 12.7. The standard InChI is InChI=1S/C16H14ClF3N2O2/c1-21(9-11-5-2-3-7-13(11)17)14(23)10-22-8-4-6-12(15(22)24)16(18,19)20/h2-8H,9-10H2,1H3. The highest BCUT2D eigenvalue weighted by Gasteiger charge is 2.34. The second-order valence-corrected chi connectivity index (χ2v) is 5.60. The van der Waals surface area contributed by atoms with Gasteiger partial charge in [0.1, 0.15) is 12.1 Å². The number of rotatable bonds is 4. The van der Waals surface area contributed by atoms with Crippen LogP contribution in [-0.2, 0) is 24.1 Å². The predicted molar refractivity (Wildman–Crippen MR) is 83.6 cm³/mol. The molecule has 0 aliphatic heterocycles. The number of alkyl halides is 3. The van der Waals surface area contributed by atoms with Gasteiger partial charge in [0.05, 0.1) is 0 Å². The summed E-state index contributed by atoms with van der Waals surface area (Å²) in [6, 6.07) is 8.70. The van der Waals surface area contributed by atoms with Crippen LogP contribution in [0.5, 0.6) is 0 Å². The van der Waals surface area contributed by atoms with E-state index in [9.17, 15) is 22.8 Å². The Hall–Kier alpha value is -2.28. The molecule has 0 aliphatic carbocycles. The molecule has 4 nitrogen and oxygen atoms in total. The lowest BCUT2D eigenvalue weighted by atomic mass is 10.2. The van der Waals surface area contributed by atoms with E-state index in [0.29, 0.717) is 16.7 Å². The highest BCUT2D eigenvalue weighted by Crippen LogP contribution is 2.26. The summed E-state index contributed by atoms with van der Waals surface area (Å²) in [4.78, 5) is 25.3. The number of hydrogen-bond donors (Lipinski definition) is 0. The Labute approximate surface area is 141 Å². The van der Waals surface area contributed by atoms with Crippen molar-refractivity contribution in [3.8, 4) is 0 Å². The molecule has 0 unspecified atom stereocenters. The zero-order valence-electron chi connectivity index (χ0n) is 12.7. The van der Waals surface area contributed by atoms with Crippen LogP contribution in [0.2, 0.25) is 5.02 Å². The van der Waals surface area contributed by atoms with Gasteiger partial charge in [0.25, 0.3) is 5.56 Å². The van der Waals surface area contributed by atoms with Crippen molar-refractivity contribution in [3.63, 3.8) is 0 Å². The molecular weight excluding hydrogens is 345 g/mol. The molecule has 0 spiro atoms. The molecule has 1 amide bonds. The number of carbonyl (C=O) groups is 1. The quantitative estimate of drug-likeness (QED) is 0.842. The predicted octanol–water partition coefficient (Wildman–Crippen LogP) is 3.18. The first kappa shape index (κ1) is 18.1. The van der Waals surface area contributed by atoms with Crippen molar-refractivity contribution >= 4 is 17.5 Å². The van der Waals surface area contributed by atoms with Gasteiger partial charge in [-0.1, -0.05) is 29.8 Å². The molecule has 8 heteroatoms. The van der Waals surface area contributed by atoms with Crippen molar-refractivity contribution in [2.75, 3.05) is 7.05 Å². The molecule has 24 heavy (non-hydrogen) atoms. The van der Waals surface area contributed by atoms with E-state index >= 15 is 0 Å². The number of hydrogen-bond acceptors (Lipinski definition) is 2. The van der Waals surface area contributed by atoms with Crippen LogP contribution in [0, 0.1) is 0 Å². The van der Waals surface area contributed by atoms with Crippen molar-refractivity contribution in [1.82, 2.24) is 9.47 Å². The Morgan fingerprint density at radius 3 is 2.50 bits per heavy atom. The highest BCUT2D eigenvalue weighted by atomic mass is 35.5. The largest absolute Gasteiger partial charge is 0.421 e. The molecular formula is C16H14ClF3N2O2. The van der Waals surface area contributed by atoms with Gasteiger partial charge in [-0.3, -0.25) is 9.59 Å². The molecule has 0 atom stereocenters. The number of halogens is 4. The summed E-state index contributed by atoms with van der Waals surface area (Å²) < 4.78 is 38.9. The molecule has 0 fully saturated rings. The lowest BCUT2D eigenvalue weighted by Crippen LogP contribution is -2.35. The number of pyridine rings is 1. The molecule has 1 aromatic heterocycles. The van der Waals surface area contributed by atoms with Gasteiger partial charge in [-0.05, 0) is 23.8 Å². The minimum absolute atomic E-state index is 0.187. The first-order valence-electron chi connectivity index (χ1n) is 6.94. The van der Waals surface area contributed by atoms with Gasteiger partial charge < -0.3 is 9.47 Å². The van der Waals surface area contributed by atoms with E-state index in [1.165, 1.54) is 11.9 Å². The summed E-state index contributed by atoms with van der Waals surface area (Å²) in [5, 5.41) is 0.480. The van der Waals surface area contributed by atoms with Gasteiger partial charge in [0.15, 0.2) is 0 Å². The molecule has 0 bridgehead atoms. The molecule has 0 saturated carbocycles. The molecule has 0 N–H and O–H groups in total. The van der Waals surface area contributed by atoms with Gasteiger partial charge in [-0.25, -0.2) is 0 Å². The summed E-state index contributed by atoms with van der Waals surface area (Å²) in [6.45, 7) is -0.296. The number of amides is 1. The number of likely N-dealkylation sites (N-methyl/N-ethyl adjacent to an activating group) is 1. The lowest BCUT2D eigenvalue weighted by molar-refractivity contribution is -0.139. The Morgan fingerprint density at radius 1 is 1.21 bits per heavy atom. The zero-order valence-corrected chi connectivity index (χ0v) is 13.4. The molecule has 0 aliphatic rings. The van der Waals surface area contributed by atoms with Gasteiger partial charge in [0.2, 0.25) is 5.91 Å². The van der Waals surface area contributed by atoms with Gasteiger partial charge >= 0.3 is 6.18 Å². The fraction of sp³-hybridized carbons (Fsp3) is 0.250. The Morgan fingerprint density at radius 2 is 1.88 bits per heavy atom. The van der Waals surface area contributed by atoms with Gasteiger partial charge in [0, 0.05) is 24.8 Å². The monoisotopic (exact) mass is 358 g/mol. The number of nitrogens with zero attached hydrogens (tertiary/aromatic N) is 2. The van der Waals surface area contributed by atoms with Crippen molar-refractivity contribution in [2.45, 2.75) is 19.3 Å². The molecule has 2 rings (SSSR count). The zero-order chi connectivity index (χ0) is 17.9. The van der Waals surface area contributed by atoms with E-state index in [-0.39, 0.29) is 6.54 Å². The fourth-order valence-corrected chi connectivity index (χ4v) is 2.31. The fourth-order valence-electron chi connectivity index (χ4n) is 2.11. The van der Waals surface area contributed by atoms with Gasteiger partial charge in [-0.15, -0.1) is 0 Å². The average Bonchev–Trinajstić information content (AvgIpc) is 2.50. The van der Waals surface area contributed by atoms with Crippen LogP contribution in [-0.4, -0.2) is 22.4 Å². The first-order valence-corrected chi connectivity index (χ1v) is 7.32. The highest BCUT2D eigenvalue weighted by molar-refractivity contribution is 6.31. The van der Waals surface area contributed by atoms with Gasteiger partial charge in [-0.2, -0.15) is 13.2 Å². The van der Waals surface area contributed by atoms with E-state index in [2.05, 4.69) is 0 Å². The van der Waals surface area contributed by atoms with Crippen LogP contribution in [0.4, 0.5) is 13.2 Å². The molecule has 0 saturated heterocycles. The molecule has 1 aromatic carbocycles. The van der Waals surface area contributed by atoms with Crippen molar-refractivity contribution < 1.29 is 18.0 Å². The number of carbonyl (C=O) groups excluding carboxylic acids is 1. The third kappa shape index (κ3) is 4.17. The van der Waals surface area contributed by atoms with E-state index in [0.717, 1.165) is 16.8 Å². The maximum Gasteiger partial charge on any atom is 0.421 e. The first-order chi connectivity index (χ1) is 11.2. The van der Waals surface area contributed by atoms with Crippen molar-refractivity contribution in [2.24, 2.45) is 0 Å². The lowest BCUT2D eigenvalue weighted by Gasteiger charge is -2.19. The minimum Gasteiger partial charge on any atom is -0.340 e. The summed E-state index contributed by atoms with van der Waals surface area (Å²) in [6.07, 6.45) is -3.61. The van der Waals surface area contributed by atoms with Crippen molar-refractivity contribution in [3.05, 3.63) is 69.1 Å². The Bertz CT molecular complexity index is 802. The van der Waals surface area contributed by atoms with Crippen LogP contribution in [0.1, 0.15) is 11.1 Å². The van der Waals surface area contributed by atoms with E-state index in [4.69, 9.17) is 11.6 Å². The van der Waals surface area contributed by atoms with Crippen LogP contribution in [0.3, 0.4) is 0 Å². The number of aromatic nitrogens is 1. The van der Waals surface area contributed by atoms with Crippen LogP contribution in [0.25, 0.3) is 0 Å². The molecule has 1 heterocycles. The third-order valence-corrected chi connectivity index (χ3v) is 3.79. The topological polar surface area (TPSA) is 42.3 Å². The maximum atomic E-state index is 12.7.